The summed E-state index contributed by atoms with van der Waals surface area (Å²) >= 11 is 1.56. The van der Waals surface area contributed by atoms with Crippen LogP contribution in [0.15, 0.2) is 63.2 Å². The lowest BCUT2D eigenvalue weighted by Gasteiger charge is -2.26. The minimum atomic E-state index is -3.86. The van der Waals surface area contributed by atoms with E-state index in [1.165, 1.54) is 5.56 Å². The number of hydrogen-bond donors (Lipinski definition) is 1. The summed E-state index contributed by atoms with van der Waals surface area (Å²) in [6, 6.07) is 13.8. The molecule has 0 aliphatic rings. The maximum Gasteiger partial charge on any atom is 0.324 e. The van der Waals surface area contributed by atoms with Crippen LogP contribution in [0.5, 0.6) is 0 Å². The number of benzene rings is 2. The van der Waals surface area contributed by atoms with Gasteiger partial charge in [0.2, 0.25) is 10.0 Å². The SMILES string of the molecule is Cc1cccc(Sc2ccc(S(=O)(=O)N[C@H](C(=O)OC(C)(C)C)C(C)C)cc2)c1. The third-order valence-corrected chi connectivity index (χ3v) is 6.42. The highest BCUT2D eigenvalue weighted by Gasteiger charge is 2.32. The molecule has 0 aliphatic heterocycles. The Hall–Kier alpha value is -1.83. The Labute approximate surface area is 178 Å². The largest absolute Gasteiger partial charge is 0.459 e. The molecule has 0 spiro atoms. The monoisotopic (exact) mass is 435 g/mol. The van der Waals surface area contributed by atoms with Gasteiger partial charge in [0.05, 0.1) is 4.90 Å². The molecule has 0 unspecified atom stereocenters. The molecule has 158 valence electrons. The van der Waals surface area contributed by atoms with E-state index in [0.29, 0.717) is 0 Å². The van der Waals surface area contributed by atoms with Crippen LogP contribution < -0.4 is 4.72 Å². The van der Waals surface area contributed by atoms with Gasteiger partial charge in [0.15, 0.2) is 0 Å². The quantitative estimate of drug-likeness (QED) is 0.633. The molecule has 0 fully saturated rings. The second-order valence-electron chi connectivity index (χ2n) is 8.27. The fourth-order valence-electron chi connectivity index (χ4n) is 2.56. The Bertz CT molecular complexity index is 946. The molecule has 0 bridgehead atoms. The predicted molar refractivity (Wildman–Crippen MR) is 117 cm³/mol. The van der Waals surface area contributed by atoms with E-state index in [4.69, 9.17) is 4.74 Å². The highest BCUT2D eigenvalue weighted by atomic mass is 32.2. The van der Waals surface area contributed by atoms with Crippen LogP contribution in [0.1, 0.15) is 40.2 Å². The van der Waals surface area contributed by atoms with Crippen molar-refractivity contribution in [3.63, 3.8) is 0 Å². The fraction of sp³-hybridized carbons (Fsp3) is 0.409. The number of sulfonamides is 1. The molecule has 0 aromatic heterocycles. The summed E-state index contributed by atoms with van der Waals surface area (Å²) in [7, 11) is -3.86. The molecule has 0 radical (unpaired) electrons. The number of hydrogen-bond acceptors (Lipinski definition) is 5. The molecule has 7 heteroatoms. The zero-order valence-electron chi connectivity index (χ0n) is 17.7. The first-order chi connectivity index (χ1) is 13.4. The molecule has 1 atom stereocenters. The maximum absolute atomic E-state index is 12.8. The van der Waals surface area contributed by atoms with E-state index in [-0.39, 0.29) is 10.8 Å². The molecule has 2 aromatic rings. The van der Waals surface area contributed by atoms with Gasteiger partial charge in [0.25, 0.3) is 0 Å². The van der Waals surface area contributed by atoms with Crippen LogP contribution in [0.3, 0.4) is 0 Å². The van der Waals surface area contributed by atoms with E-state index in [2.05, 4.69) is 10.8 Å². The van der Waals surface area contributed by atoms with Crippen molar-refractivity contribution in [2.45, 2.75) is 67.9 Å². The average molecular weight is 436 g/mol. The van der Waals surface area contributed by atoms with Gasteiger partial charge in [-0.15, -0.1) is 0 Å². The predicted octanol–water partition coefficient (Wildman–Crippen LogP) is 4.79. The van der Waals surface area contributed by atoms with E-state index < -0.39 is 27.6 Å². The summed E-state index contributed by atoms with van der Waals surface area (Å²) in [5, 5.41) is 0. The summed E-state index contributed by atoms with van der Waals surface area (Å²) < 4.78 is 33.5. The van der Waals surface area contributed by atoms with Crippen molar-refractivity contribution in [2.75, 3.05) is 0 Å². The smallest absolute Gasteiger partial charge is 0.324 e. The third-order valence-electron chi connectivity index (χ3n) is 3.97. The van der Waals surface area contributed by atoms with Crippen LogP contribution in [0.25, 0.3) is 0 Å². The van der Waals surface area contributed by atoms with E-state index >= 15 is 0 Å². The van der Waals surface area contributed by atoms with Crippen LogP contribution >= 0.6 is 11.8 Å². The first kappa shape index (κ1) is 23.4. The lowest BCUT2D eigenvalue weighted by Crippen LogP contribution is -2.47. The molecule has 0 aliphatic carbocycles. The Kier molecular flexibility index (Phi) is 7.54. The summed E-state index contributed by atoms with van der Waals surface area (Å²) in [6.45, 7) is 10.8. The van der Waals surface area contributed by atoms with Gasteiger partial charge in [0.1, 0.15) is 11.6 Å². The molecule has 29 heavy (non-hydrogen) atoms. The van der Waals surface area contributed by atoms with Crippen molar-refractivity contribution in [2.24, 2.45) is 5.92 Å². The van der Waals surface area contributed by atoms with Gasteiger partial charge in [-0.3, -0.25) is 4.79 Å². The number of carbonyl (C=O) groups excluding carboxylic acids is 1. The van der Waals surface area contributed by atoms with Gasteiger partial charge >= 0.3 is 5.97 Å². The highest BCUT2D eigenvalue weighted by molar-refractivity contribution is 7.99. The van der Waals surface area contributed by atoms with Crippen LogP contribution in [0, 0.1) is 12.8 Å². The van der Waals surface area contributed by atoms with E-state index in [1.807, 2.05) is 25.1 Å². The van der Waals surface area contributed by atoms with Gasteiger partial charge in [0, 0.05) is 9.79 Å². The molecule has 0 amide bonds. The lowest BCUT2D eigenvalue weighted by atomic mass is 10.1. The van der Waals surface area contributed by atoms with Gasteiger partial charge in [-0.2, -0.15) is 4.72 Å². The minimum absolute atomic E-state index is 0.111. The summed E-state index contributed by atoms with van der Waals surface area (Å²) in [6.07, 6.45) is 0. The third kappa shape index (κ3) is 7.17. The molecule has 0 saturated heterocycles. The second-order valence-corrected chi connectivity index (χ2v) is 11.1. The molecule has 2 aromatic carbocycles. The van der Waals surface area contributed by atoms with E-state index in [9.17, 15) is 13.2 Å². The van der Waals surface area contributed by atoms with Crippen molar-refractivity contribution >= 4 is 27.8 Å². The number of carbonyl (C=O) groups is 1. The zero-order chi connectivity index (χ0) is 21.8. The van der Waals surface area contributed by atoms with Gasteiger partial charge < -0.3 is 4.74 Å². The average Bonchev–Trinajstić information content (AvgIpc) is 2.58. The summed E-state index contributed by atoms with van der Waals surface area (Å²) in [5.41, 5.74) is 0.477. The number of rotatable bonds is 7. The number of esters is 1. The Balaban J connectivity index is 2.16. The second kappa shape index (κ2) is 9.32. The van der Waals surface area contributed by atoms with Crippen LogP contribution in [0.4, 0.5) is 0 Å². The number of ether oxygens (including phenoxy) is 1. The molecule has 0 saturated carbocycles. The molecular weight excluding hydrogens is 406 g/mol. The van der Waals surface area contributed by atoms with E-state index in [1.54, 1.807) is 70.6 Å². The van der Waals surface area contributed by atoms with Gasteiger partial charge in [-0.25, -0.2) is 8.42 Å². The van der Waals surface area contributed by atoms with E-state index in [0.717, 1.165) is 9.79 Å². The van der Waals surface area contributed by atoms with Crippen LogP contribution in [-0.4, -0.2) is 26.0 Å². The van der Waals surface area contributed by atoms with Gasteiger partial charge in [-0.05, 0) is 70.0 Å². The zero-order valence-corrected chi connectivity index (χ0v) is 19.4. The Morgan fingerprint density at radius 3 is 2.17 bits per heavy atom. The van der Waals surface area contributed by atoms with Crippen LogP contribution in [-0.2, 0) is 19.6 Å². The van der Waals surface area contributed by atoms with Gasteiger partial charge in [-0.1, -0.05) is 43.3 Å². The van der Waals surface area contributed by atoms with Crippen molar-refractivity contribution in [1.29, 1.82) is 0 Å². The first-order valence-electron chi connectivity index (χ1n) is 9.47. The Morgan fingerprint density at radius 2 is 1.66 bits per heavy atom. The standard InChI is InChI=1S/C22H29NO4S2/c1-15(2)20(21(24)27-22(4,5)6)23-29(25,26)19-12-10-17(11-13-19)28-18-9-7-8-16(3)14-18/h7-15,20,23H,1-6H3/t20-/m0/s1. The molecule has 5 nitrogen and oxygen atoms in total. The van der Waals surface area contributed by atoms with Crippen molar-refractivity contribution in [1.82, 2.24) is 4.72 Å². The number of nitrogens with one attached hydrogen (secondary N) is 1. The highest BCUT2D eigenvalue weighted by Crippen LogP contribution is 2.29. The van der Waals surface area contributed by atoms with Crippen molar-refractivity contribution < 1.29 is 17.9 Å². The maximum atomic E-state index is 12.8. The number of aryl methyl sites for hydroxylation is 1. The minimum Gasteiger partial charge on any atom is -0.459 e. The molecule has 1 N–H and O–H groups in total. The van der Waals surface area contributed by atoms with Crippen molar-refractivity contribution in [3.05, 3.63) is 54.1 Å². The molecule has 2 rings (SSSR count). The molecular formula is C22H29NO4S2. The fourth-order valence-corrected chi connectivity index (χ4v) is 4.83. The summed E-state index contributed by atoms with van der Waals surface area (Å²) in [5.74, 6) is -0.835. The first-order valence-corrected chi connectivity index (χ1v) is 11.8. The van der Waals surface area contributed by atoms with Crippen molar-refractivity contribution in [3.8, 4) is 0 Å². The van der Waals surface area contributed by atoms with Crippen LogP contribution in [0.2, 0.25) is 0 Å². The molecule has 0 heterocycles. The summed E-state index contributed by atoms with van der Waals surface area (Å²) in [4.78, 5) is 14.6. The topological polar surface area (TPSA) is 72.5 Å². The Morgan fingerprint density at radius 1 is 1.03 bits per heavy atom. The lowest BCUT2D eigenvalue weighted by molar-refractivity contribution is -0.158. The normalized spacial score (nSPS) is 13.3.